The monoisotopic (exact) mass is 599 g/mol. The molecule has 0 spiro atoms. The van der Waals surface area contributed by atoms with E-state index in [1.165, 1.54) is 35.6 Å². The second-order valence-corrected chi connectivity index (χ2v) is 13.5. The molecule has 224 valence electrons. The van der Waals surface area contributed by atoms with Crippen LogP contribution in [0.5, 0.6) is 0 Å². The zero-order valence-corrected chi connectivity index (χ0v) is 26.8. The molecule has 0 aromatic heterocycles. The van der Waals surface area contributed by atoms with E-state index in [-0.39, 0.29) is 10.9 Å². The van der Waals surface area contributed by atoms with E-state index in [0.717, 1.165) is 17.0 Å². The Morgan fingerprint density at radius 2 is 1.00 bits per heavy atom. The van der Waals surface area contributed by atoms with Crippen LogP contribution in [0.2, 0.25) is 6.32 Å². The average Bonchev–Trinajstić information content (AvgIpc) is 3.09. The van der Waals surface area contributed by atoms with E-state index < -0.39 is 12.1 Å². The number of hydrogen-bond donors (Lipinski definition) is 0. The third-order valence-electron chi connectivity index (χ3n) is 7.88. The molecular weight excluding hydrogens is 557 g/mol. The second kappa shape index (κ2) is 17.1. The molecule has 0 bridgehead atoms. The molecule has 44 heavy (non-hydrogen) atoms. The molecule has 0 heterocycles. The van der Waals surface area contributed by atoms with Gasteiger partial charge in [0.05, 0.1) is 24.2 Å². The van der Waals surface area contributed by atoms with Crippen LogP contribution in [0.4, 0.5) is 0 Å². The van der Waals surface area contributed by atoms with Crippen LogP contribution in [-0.2, 0) is 15.7 Å². The largest absolute Gasteiger partial charge is 0.365 e. The standard InChI is InChI=1S/C22H24B.C17H18NO2S/c1-2-3-19-23(20-13-7-4-8-14-20,21-15-9-5-10-16-21)22-17-11-6-12-18-22;1-21(2)13-16(14-9-5-3-6-10-14)18-20-17(19)15-11-7-4-8-12-15/h4-18H,2-3,19H2,1H3;3-12H,13H2,1-2H3/q-1;+1. The minimum Gasteiger partial charge on any atom is -0.312 e. The van der Waals surface area contributed by atoms with E-state index >= 15 is 0 Å². The molecule has 0 amide bonds. The predicted octanol–water partition coefficient (Wildman–Crippen LogP) is 7.08. The molecule has 5 aromatic carbocycles. The zero-order chi connectivity index (χ0) is 31.0. The van der Waals surface area contributed by atoms with Gasteiger partial charge < -0.3 is 4.84 Å². The zero-order valence-electron chi connectivity index (χ0n) is 26.0. The van der Waals surface area contributed by atoms with Crippen LogP contribution in [0.1, 0.15) is 35.7 Å². The first-order chi connectivity index (χ1) is 21.5. The molecule has 0 unspecified atom stereocenters. The van der Waals surface area contributed by atoms with Crippen molar-refractivity contribution in [3.8, 4) is 0 Å². The maximum absolute atomic E-state index is 11.9. The summed E-state index contributed by atoms with van der Waals surface area (Å²) < 4.78 is 0. The van der Waals surface area contributed by atoms with E-state index in [9.17, 15) is 4.79 Å². The van der Waals surface area contributed by atoms with Crippen LogP contribution < -0.4 is 16.4 Å². The summed E-state index contributed by atoms with van der Waals surface area (Å²) in [6.07, 6.45) is 7.00. The number of nitrogens with zero attached hydrogens (tertiary/aromatic N) is 1. The first-order valence-electron chi connectivity index (χ1n) is 15.3. The molecule has 5 rings (SSSR count). The fourth-order valence-electron chi connectivity index (χ4n) is 5.72. The van der Waals surface area contributed by atoms with Gasteiger partial charge in [0.15, 0.2) is 5.75 Å². The number of oxime groups is 1. The van der Waals surface area contributed by atoms with E-state index in [1.54, 1.807) is 24.3 Å². The fourth-order valence-corrected chi connectivity index (χ4v) is 6.49. The molecular formula is C39H42BNO2S. The fraction of sp³-hybridized carbons (Fsp3) is 0.179. The minimum atomic E-state index is -0.913. The van der Waals surface area contributed by atoms with Crippen molar-refractivity contribution in [1.29, 1.82) is 0 Å². The van der Waals surface area contributed by atoms with E-state index in [2.05, 4.69) is 116 Å². The van der Waals surface area contributed by atoms with Gasteiger partial charge in [-0.2, -0.15) is 22.7 Å². The van der Waals surface area contributed by atoms with Crippen molar-refractivity contribution < 1.29 is 9.63 Å². The Morgan fingerprint density at radius 3 is 1.39 bits per heavy atom. The highest BCUT2D eigenvalue weighted by molar-refractivity contribution is 7.96. The van der Waals surface area contributed by atoms with Crippen LogP contribution in [0.3, 0.4) is 0 Å². The molecule has 0 aliphatic rings. The molecule has 0 N–H and O–H groups in total. The Kier molecular flexibility index (Phi) is 12.6. The van der Waals surface area contributed by atoms with Gasteiger partial charge >= 0.3 is 5.97 Å². The molecule has 0 aliphatic carbocycles. The summed E-state index contributed by atoms with van der Waals surface area (Å²) >= 11 is 0. The number of benzene rings is 5. The highest BCUT2D eigenvalue weighted by Crippen LogP contribution is 2.16. The first-order valence-corrected chi connectivity index (χ1v) is 17.5. The number of carbonyl (C=O) groups excluding carboxylic acids is 1. The Balaban J connectivity index is 0.000000202. The summed E-state index contributed by atoms with van der Waals surface area (Å²) in [6.45, 7) is 2.28. The van der Waals surface area contributed by atoms with Crippen LogP contribution in [-0.4, -0.2) is 36.1 Å². The number of rotatable bonds is 11. The minimum absolute atomic E-state index is 0.173. The lowest BCUT2D eigenvalue weighted by atomic mass is 9.14. The lowest BCUT2D eigenvalue weighted by Crippen LogP contribution is -2.66. The van der Waals surface area contributed by atoms with Crippen LogP contribution in [0.15, 0.2) is 157 Å². The first kappa shape index (κ1) is 32.6. The van der Waals surface area contributed by atoms with Crippen molar-refractivity contribution in [2.75, 3.05) is 18.3 Å². The highest BCUT2D eigenvalue weighted by Gasteiger charge is 2.28. The third kappa shape index (κ3) is 8.84. The molecule has 5 heteroatoms. The summed E-state index contributed by atoms with van der Waals surface area (Å²) in [5, 5.41) is 4.08. The summed E-state index contributed by atoms with van der Waals surface area (Å²) in [4.78, 5) is 17.0. The predicted molar refractivity (Wildman–Crippen MR) is 193 cm³/mol. The molecule has 0 saturated heterocycles. The van der Waals surface area contributed by atoms with Crippen molar-refractivity contribution >= 4 is 45.1 Å². The summed E-state index contributed by atoms with van der Waals surface area (Å²) in [7, 11) is 0.173. The van der Waals surface area contributed by atoms with Gasteiger partial charge in [0.25, 0.3) is 0 Å². The lowest BCUT2D eigenvalue weighted by molar-refractivity contribution is 0.0516. The van der Waals surface area contributed by atoms with Gasteiger partial charge in [-0.1, -0.05) is 164 Å². The van der Waals surface area contributed by atoms with Gasteiger partial charge in [0, 0.05) is 5.56 Å². The Morgan fingerprint density at radius 1 is 0.614 bits per heavy atom. The molecule has 0 fully saturated rings. The molecule has 0 aliphatic heterocycles. The maximum Gasteiger partial charge on any atom is 0.365 e. The molecule has 0 radical (unpaired) electrons. The Hall–Kier alpha value is -4.35. The van der Waals surface area contributed by atoms with Gasteiger partial charge in [-0.15, -0.1) is 0 Å². The van der Waals surface area contributed by atoms with Gasteiger partial charge in [-0.05, 0) is 23.0 Å². The van der Waals surface area contributed by atoms with Crippen LogP contribution >= 0.6 is 0 Å². The number of unbranched alkanes of at least 4 members (excludes halogenated alkanes) is 1. The molecule has 3 nitrogen and oxygen atoms in total. The van der Waals surface area contributed by atoms with E-state index in [1.807, 2.05) is 36.4 Å². The summed E-state index contributed by atoms with van der Waals surface area (Å²) in [5.41, 5.74) is 6.61. The van der Waals surface area contributed by atoms with Crippen molar-refractivity contribution in [2.45, 2.75) is 26.1 Å². The molecule has 5 aromatic rings. The number of carbonyl (C=O) groups is 1. The van der Waals surface area contributed by atoms with E-state index in [0.29, 0.717) is 5.56 Å². The molecule has 0 atom stereocenters. The maximum atomic E-state index is 11.9. The normalized spacial score (nSPS) is 11.4. The van der Waals surface area contributed by atoms with Gasteiger partial charge in [0.2, 0.25) is 0 Å². The summed E-state index contributed by atoms with van der Waals surface area (Å²) in [6, 6.07) is 51.8. The summed E-state index contributed by atoms with van der Waals surface area (Å²) in [5.74, 6) is 0.350. The second-order valence-electron chi connectivity index (χ2n) is 11.2. The molecule has 0 saturated carbocycles. The SMILES string of the molecule is CCCC[B-](c1ccccc1)(c1ccccc1)c1ccccc1.C[S+](C)CC(=NOC(=O)c1ccccc1)c1ccccc1. The number of hydrogen-bond acceptors (Lipinski definition) is 3. The topological polar surface area (TPSA) is 38.7 Å². The average molecular weight is 600 g/mol. The van der Waals surface area contributed by atoms with Crippen molar-refractivity contribution in [1.82, 2.24) is 0 Å². The Labute approximate surface area is 266 Å². The van der Waals surface area contributed by atoms with Crippen molar-refractivity contribution in [3.05, 3.63) is 163 Å². The smallest absolute Gasteiger partial charge is 0.312 e. The van der Waals surface area contributed by atoms with Gasteiger partial charge in [0.1, 0.15) is 5.71 Å². The van der Waals surface area contributed by atoms with E-state index in [4.69, 9.17) is 4.84 Å². The van der Waals surface area contributed by atoms with Crippen molar-refractivity contribution in [2.24, 2.45) is 5.16 Å². The Bertz CT molecular complexity index is 1470. The van der Waals surface area contributed by atoms with Crippen molar-refractivity contribution in [3.63, 3.8) is 0 Å². The lowest BCUT2D eigenvalue weighted by Gasteiger charge is -2.43. The van der Waals surface area contributed by atoms with Gasteiger partial charge in [-0.3, -0.25) is 0 Å². The third-order valence-corrected chi connectivity index (χ3v) is 8.73. The van der Waals surface area contributed by atoms with Gasteiger partial charge in [-0.25, -0.2) is 4.79 Å². The quantitative estimate of drug-likeness (QED) is 0.0535. The van der Waals surface area contributed by atoms with Crippen LogP contribution in [0, 0.1) is 0 Å². The highest BCUT2D eigenvalue weighted by atomic mass is 32.2. The van der Waals surface area contributed by atoms with Crippen LogP contribution in [0.25, 0.3) is 0 Å².